The molecule has 0 aromatic heterocycles. The van der Waals surface area contributed by atoms with Crippen molar-refractivity contribution in [1.29, 1.82) is 0 Å². The van der Waals surface area contributed by atoms with Gasteiger partial charge in [0.2, 0.25) is 0 Å². The van der Waals surface area contributed by atoms with Crippen LogP contribution in [0.5, 0.6) is 0 Å². The Morgan fingerprint density at radius 2 is 2.00 bits per heavy atom. The molecule has 4 heteroatoms. The van der Waals surface area contributed by atoms with E-state index in [1.807, 2.05) is 27.7 Å². The van der Waals surface area contributed by atoms with Gasteiger partial charge in [0.25, 0.3) is 0 Å². The van der Waals surface area contributed by atoms with Crippen LogP contribution < -0.4 is 0 Å². The van der Waals surface area contributed by atoms with Crippen LogP contribution in [-0.2, 0) is 4.74 Å². The lowest BCUT2D eigenvalue weighted by Gasteiger charge is -2.41. The third-order valence-electron chi connectivity index (χ3n) is 2.21. The second-order valence-electron chi connectivity index (χ2n) is 4.82. The number of nitrogens with zero attached hydrogens (tertiary/aromatic N) is 1. The molecular weight excluding hydrogens is 202 g/mol. The Labute approximate surface area is 90.4 Å². The van der Waals surface area contributed by atoms with E-state index in [2.05, 4.69) is 0 Å². The fraction of sp³-hybridized carbons (Fsp3) is 0.900. The summed E-state index contributed by atoms with van der Waals surface area (Å²) in [6.45, 7) is 9.00. The van der Waals surface area contributed by atoms with Gasteiger partial charge in [-0.1, -0.05) is 0 Å². The normalized spacial score (nSPS) is 20.2. The number of carbonyl (C=O) groups is 1. The molecule has 0 radical (unpaired) electrons. The van der Waals surface area contributed by atoms with Gasteiger partial charge < -0.3 is 9.64 Å². The number of carbonyl (C=O) groups excluding carboxylic acids is 1. The van der Waals surface area contributed by atoms with E-state index in [-0.39, 0.29) is 11.5 Å². The van der Waals surface area contributed by atoms with E-state index in [1.54, 1.807) is 4.90 Å². The maximum atomic E-state index is 11.5. The Bertz CT molecular complexity index is 217. The van der Waals surface area contributed by atoms with Crippen molar-refractivity contribution in [2.24, 2.45) is 5.92 Å². The zero-order valence-corrected chi connectivity index (χ0v) is 9.97. The SMILES string of the molecule is C[C@H](Cl)C1CN(C(=O)OC(C)(C)C)C1. The Balaban J connectivity index is 2.30. The molecule has 0 spiro atoms. The fourth-order valence-corrected chi connectivity index (χ4v) is 1.44. The Morgan fingerprint density at radius 1 is 1.50 bits per heavy atom. The zero-order valence-electron chi connectivity index (χ0n) is 9.21. The van der Waals surface area contributed by atoms with E-state index < -0.39 is 5.60 Å². The average molecular weight is 220 g/mol. The van der Waals surface area contributed by atoms with Gasteiger partial charge in [0, 0.05) is 24.4 Å². The molecule has 0 saturated carbocycles. The minimum Gasteiger partial charge on any atom is -0.444 e. The van der Waals surface area contributed by atoms with Gasteiger partial charge in [-0.15, -0.1) is 11.6 Å². The highest BCUT2D eigenvalue weighted by atomic mass is 35.5. The third-order valence-corrected chi connectivity index (χ3v) is 2.57. The van der Waals surface area contributed by atoms with E-state index in [1.165, 1.54) is 0 Å². The summed E-state index contributed by atoms with van der Waals surface area (Å²) >= 11 is 5.90. The van der Waals surface area contributed by atoms with E-state index in [0.29, 0.717) is 5.92 Å². The number of hydrogen-bond acceptors (Lipinski definition) is 2. The summed E-state index contributed by atoms with van der Waals surface area (Å²) in [5.74, 6) is 0.421. The topological polar surface area (TPSA) is 29.5 Å². The van der Waals surface area contributed by atoms with Crippen molar-refractivity contribution in [3.8, 4) is 0 Å². The molecule has 14 heavy (non-hydrogen) atoms. The van der Waals surface area contributed by atoms with E-state index in [4.69, 9.17) is 16.3 Å². The Kier molecular flexibility index (Phi) is 3.30. The summed E-state index contributed by atoms with van der Waals surface area (Å²) in [7, 11) is 0. The molecule has 1 aliphatic rings. The first-order chi connectivity index (χ1) is 6.29. The number of hydrogen-bond donors (Lipinski definition) is 0. The van der Waals surface area contributed by atoms with Crippen LogP contribution in [0.25, 0.3) is 0 Å². The molecule has 3 nitrogen and oxygen atoms in total. The van der Waals surface area contributed by atoms with Gasteiger partial charge in [-0.05, 0) is 27.7 Å². The highest BCUT2D eigenvalue weighted by molar-refractivity contribution is 6.20. The molecule has 0 aromatic rings. The van der Waals surface area contributed by atoms with Crippen LogP contribution in [0.4, 0.5) is 4.79 Å². The van der Waals surface area contributed by atoms with Gasteiger partial charge in [-0.2, -0.15) is 0 Å². The molecular formula is C10H18ClNO2. The molecule has 1 saturated heterocycles. The van der Waals surface area contributed by atoms with Gasteiger partial charge in [-0.25, -0.2) is 4.79 Å². The van der Waals surface area contributed by atoms with Crippen molar-refractivity contribution in [3.63, 3.8) is 0 Å². The van der Waals surface area contributed by atoms with Crippen LogP contribution in [0.1, 0.15) is 27.7 Å². The van der Waals surface area contributed by atoms with E-state index in [9.17, 15) is 4.79 Å². The molecule has 82 valence electrons. The summed E-state index contributed by atoms with van der Waals surface area (Å²) in [5, 5.41) is 0.133. The summed E-state index contributed by atoms with van der Waals surface area (Å²) in [4.78, 5) is 13.2. The second kappa shape index (κ2) is 3.97. The molecule has 0 N–H and O–H groups in total. The van der Waals surface area contributed by atoms with Gasteiger partial charge >= 0.3 is 6.09 Å². The number of halogens is 1. The lowest BCUT2D eigenvalue weighted by atomic mass is 9.98. The molecule has 1 aliphatic heterocycles. The Morgan fingerprint density at radius 3 is 2.36 bits per heavy atom. The molecule has 0 aliphatic carbocycles. The van der Waals surface area contributed by atoms with Crippen LogP contribution in [0, 0.1) is 5.92 Å². The predicted octanol–water partition coefficient (Wildman–Crippen LogP) is 2.48. The van der Waals surface area contributed by atoms with E-state index >= 15 is 0 Å². The summed E-state index contributed by atoms with van der Waals surface area (Å²) < 4.78 is 5.21. The molecule has 1 atom stereocenters. The van der Waals surface area contributed by atoms with Gasteiger partial charge in [0.05, 0.1) is 0 Å². The van der Waals surface area contributed by atoms with Crippen molar-refractivity contribution in [1.82, 2.24) is 4.90 Å². The maximum Gasteiger partial charge on any atom is 0.410 e. The fourth-order valence-electron chi connectivity index (χ4n) is 1.28. The van der Waals surface area contributed by atoms with Crippen LogP contribution in [0.3, 0.4) is 0 Å². The molecule has 0 aromatic carbocycles. The highest BCUT2D eigenvalue weighted by Gasteiger charge is 2.35. The lowest BCUT2D eigenvalue weighted by Crippen LogP contribution is -2.53. The van der Waals surface area contributed by atoms with Gasteiger partial charge in [0.1, 0.15) is 5.60 Å². The molecule has 1 rings (SSSR count). The molecule has 1 fully saturated rings. The van der Waals surface area contributed by atoms with Crippen LogP contribution in [0.2, 0.25) is 0 Å². The van der Waals surface area contributed by atoms with Crippen LogP contribution in [0.15, 0.2) is 0 Å². The smallest absolute Gasteiger partial charge is 0.410 e. The van der Waals surface area contributed by atoms with Crippen molar-refractivity contribution in [3.05, 3.63) is 0 Å². The van der Waals surface area contributed by atoms with Crippen molar-refractivity contribution in [2.45, 2.75) is 38.7 Å². The quantitative estimate of drug-likeness (QED) is 0.635. The number of amides is 1. The molecule has 1 amide bonds. The minimum absolute atomic E-state index is 0.133. The summed E-state index contributed by atoms with van der Waals surface area (Å²) in [5.41, 5.74) is -0.408. The molecule has 0 bridgehead atoms. The molecule has 1 heterocycles. The van der Waals surface area contributed by atoms with Gasteiger partial charge in [0.15, 0.2) is 0 Å². The first-order valence-corrected chi connectivity index (χ1v) is 5.35. The number of rotatable bonds is 1. The largest absolute Gasteiger partial charge is 0.444 e. The zero-order chi connectivity index (χ0) is 10.9. The van der Waals surface area contributed by atoms with Crippen LogP contribution >= 0.6 is 11.6 Å². The highest BCUT2D eigenvalue weighted by Crippen LogP contribution is 2.24. The predicted molar refractivity (Wildman–Crippen MR) is 56.6 cm³/mol. The maximum absolute atomic E-state index is 11.5. The number of likely N-dealkylation sites (tertiary alicyclic amines) is 1. The monoisotopic (exact) mass is 219 g/mol. The second-order valence-corrected chi connectivity index (χ2v) is 5.51. The third kappa shape index (κ3) is 3.05. The van der Waals surface area contributed by atoms with Crippen molar-refractivity contribution in [2.75, 3.05) is 13.1 Å². The molecule has 0 unspecified atom stereocenters. The van der Waals surface area contributed by atoms with E-state index in [0.717, 1.165) is 13.1 Å². The Hall–Kier alpha value is -0.440. The average Bonchev–Trinajstić information content (AvgIpc) is 1.75. The number of ether oxygens (including phenoxy) is 1. The van der Waals surface area contributed by atoms with Gasteiger partial charge in [-0.3, -0.25) is 0 Å². The summed E-state index contributed by atoms with van der Waals surface area (Å²) in [6, 6.07) is 0. The summed E-state index contributed by atoms with van der Waals surface area (Å²) in [6.07, 6.45) is -0.230. The standard InChI is InChI=1S/C10H18ClNO2/c1-7(11)8-5-12(6-8)9(13)14-10(2,3)4/h7-8H,5-6H2,1-4H3/t7-/m0/s1. The van der Waals surface area contributed by atoms with Crippen molar-refractivity contribution >= 4 is 17.7 Å². The first-order valence-electron chi connectivity index (χ1n) is 4.91. The lowest BCUT2D eigenvalue weighted by molar-refractivity contribution is -0.000834. The van der Waals surface area contributed by atoms with Crippen LogP contribution in [-0.4, -0.2) is 35.1 Å². The first kappa shape index (κ1) is 11.6. The van der Waals surface area contributed by atoms with Crippen molar-refractivity contribution < 1.29 is 9.53 Å². The minimum atomic E-state index is -0.408. The number of alkyl halides is 1.